The van der Waals surface area contributed by atoms with E-state index in [4.69, 9.17) is 16.3 Å². The minimum absolute atomic E-state index is 0.0278. The lowest BCUT2D eigenvalue weighted by Gasteiger charge is -2.23. The van der Waals surface area contributed by atoms with Crippen molar-refractivity contribution in [2.45, 2.75) is 26.2 Å². The molecule has 2 atom stereocenters. The highest BCUT2D eigenvalue weighted by atomic mass is 35.5. The molecule has 1 heterocycles. The fourth-order valence-corrected chi connectivity index (χ4v) is 4.59. The van der Waals surface area contributed by atoms with Gasteiger partial charge in [0, 0.05) is 34.7 Å². The van der Waals surface area contributed by atoms with E-state index in [-0.39, 0.29) is 23.6 Å². The van der Waals surface area contributed by atoms with Crippen LogP contribution in [0, 0.1) is 11.8 Å². The van der Waals surface area contributed by atoms with Crippen molar-refractivity contribution in [2.24, 2.45) is 11.8 Å². The van der Waals surface area contributed by atoms with Crippen LogP contribution in [0.15, 0.2) is 35.4 Å². The summed E-state index contributed by atoms with van der Waals surface area (Å²) in [6, 6.07) is 7.43. The van der Waals surface area contributed by atoms with Crippen LogP contribution in [0.4, 0.5) is 0 Å². The Hall–Kier alpha value is -1.98. The maximum atomic E-state index is 12.9. The second kappa shape index (κ2) is 6.39. The summed E-state index contributed by atoms with van der Waals surface area (Å²) in [4.78, 5) is 29.0. The molecule has 2 bridgehead atoms. The maximum absolute atomic E-state index is 12.9. The van der Waals surface area contributed by atoms with Gasteiger partial charge in [-0.1, -0.05) is 23.7 Å². The Labute approximate surface area is 154 Å². The fourth-order valence-electron chi connectivity index (χ4n) is 3.64. The molecular formula is C19H16ClNO3S. The molecular weight excluding hydrogens is 358 g/mol. The van der Waals surface area contributed by atoms with Gasteiger partial charge in [0.15, 0.2) is 5.78 Å². The van der Waals surface area contributed by atoms with Crippen LogP contribution in [0.2, 0.25) is 5.02 Å². The third kappa shape index (κ3) is 3.02. The number of ether oxygens (including phenoxy) is 1. The highest BCUT2D eigenvalue weighted by Crippen LogP contribution is 2.47. The Morgan fingerprint density at radius 2 is 1.96 bits per heavy atom. The van der Waals surface area contributed by atoms with E-state index in [1.165, 1.54) is 18.3 Å². The van der Waals surface area contributed by atoms with E-state index in [9.17, 15) is 9.59 Å². The zero-order chi connectivity index (χ0) is 17.6. The Balaban J connectivity index is 1.77. The molecule has 0 aliphatic heterocycles. The molecule has 2 aromatic rings. The van der Waals surface area contributed by atoms with Crippen LogP contribution in [-0.2, 0) is 14.3 Å². The summed E-state index contributed by atoms with van der Waals surface area (Å²) in [6.07, 6.45) is 2.52. The van der Waals surface area contributed by atoms with Crippen molar-refractivity contribution in [3.05, 3.63) is 46.1 Å². The van der Waals surface area contributed by atoms with E-state index >= 15 is 0 Å². The van der Waals surface area contributed by atoms with E-state index in [0.717, 1.165) is 29.8 Å². The summed E-state index contributed by atoms with van der Waals surface area (Å²) in [5.74, 6) is 0.346. The van der Waals surface area contributed by atoms with Gasteiger partial charge in [-0.3, -0.25) is 9.59 Å². The van der Waals surface area contributed by atoms with Gasteiger partial charge < -0.3 is 4.74 Å². The molecule has 0 N–H and O–H groups in total. The average molecular weight is 374 g/mol. The first-order chi connectivity index (χ1) is 12.0. The van der Waals surface area contributed by atoms with E-state index in [1.807, 2.05) is 29.6 Å². The topological polar surface area (TPSA) is 56.3 Å². The second-order valence-corrected chi connectivity index (χ2v) is 7.74. The number of ketones is 1. The largest absolute Gasteiger partial charge is 0.430 e. The number of rotatable bonds is 3. The predicted molar refractivity (Wildman–Crippen MR) is 97.1 cm³/mol. The molecule has 2 aliphatic rings. The summed E-state index contributed by atoms with van der Waals surface area (Å²) in [7, 11) is 0. The molecule has 0 amide bonds. The van der Waals surface area contributed by atoms with Gasteiger partial charge in [0.1, 0.15) is 10.8 Å². The molecule has 0 unspecified atom stereocenters. The fraction of sp³-hybridized carbons (Fsp3) is 0.316. The minimum atomic E-state index is -0.390. The van der Waals surface area contributed by atoms with Crippen molar-refractivity contribution in [1.29, 1.82) is 0 Å². The molecule has 1 aromatic heterocycles. The van der Waals surface area contributed by atoms with Gasteiger partial charge in [-0.05, 0) is 31.4 Å². The van der Waals surface area contributed by atoms with Gasteiger partial charge in [-0.2, -0.15) is 0 Å². The first kappa shape index (κ1) is 16.5. The van der Waals surface area contributed by atoms with E-state index in [0.29, 0.717) is 22.0 Å². The van der Waals surface area contributed by atoms with E-state index in [1.54, 1.807) is 0 Å². The summed E-state index contributed by atoms with van der Waals surface area (Å²) in [6.45, 7) is 1.37. The summed E-state index contributed by atoms with van der Waals surface area (Å²) < 4.78 is 5.46. The quantitative estimate of drug-likeness (QED) is 0.729. The number of hydrogen-bond acceptors (Lipinski definition) is 5. The molecule has 6 heteroatoms. The van der Waals surface area contributed by atoms with Crippen LogP contribution in [0.1, 0.15) is 31.9 Å². The van der Waals surface area contributed by atoms with E-state index < -0.39 is 0 Å². The SMILES string of the molecule is CC(=O)OC1=C(c2csc(-c3ccc(Cl)cc3)n2)C(=O)[C@@H]2CC[C@H]1C2. The Morgan fingerprint density at radius 3 is 2.68 bits per heavy atom. The van der Waals surface area contributed by atoms with Crippen LogP contribution in [0.5, 0.6) is 0 Å². The van der Waals surface area contributed by atoms with E-state index in [2.05, 4.69) is 4.98 Å². The number of allylic oxidation sites excluding steroid dienone is 2. The zero-order valence-corrected chi connectivity index (χ0v) is 15.2. The highest BCUT2D eigenvalue weighted by Gasteiger charge is 2.43. The van der Waals surface area contributed by atoms with Crippen LogP contribution in [0.3, 0.4) is 0 Å². The van der Waals surface area contributed by atoms with Crippen LogP contribution >= 0.6 is 22.9 Å². The predicted octanol–water partition coefficient (Wildman–Crippen LogP) is 4.74. The number of benzene rings is 1. The molecule has 0 saturated heterocycles. The number of halogens is 1. The number of carbonyl (C=O) groups is 2. The number of hydrogen-bond donors (Lipinski definition) is 0. The number of esters is 1. The van der Waals surface area contributed by atoms with Crippen molar-refractivity contribution in [2.75, 3.05) is 0 Å². The van der Waals surface area contributed by atoms with Gasteiger partial charge in [0.05, 0.1) is 11.3 Å². The first-order valence-corrected chi connectivity index (χ1v) is 9.47. The van der Waals surface area contributed by atoms with Crippen molar-refractivity contribution in [3.8, 4) is 10.6 Å². The number of Topliss-reactive ketones (excluding diaryl/α,β-unsaturated/α-hetero) is 1. The Kier molecular flexibility index (Phi) is 4.21. The first-order valence-electron chi connectivity index (χ1n) is 8.21. The lowest BCUT2D eigenvalue weighted by atomic mass is 9.85. The van der Waals surface area contributed by atoms with Crippen molar-refractivity contribution in [1.82, 2.24) is 4.98 Å². The number of aromatic nitrogens is 1. The van der Waals surface area contributed by atoms with Gasteiger partial charge >= 0.3 is 5.97 Å². The summed E-state index contributed by atoms with van der Waals surface area (Å²) >= 11 is 7.40. The van der Waals surface area contributed by atoms with Gasteiger partial charge in [-0.15, -0.1) is 11.3 Å². The van der Waals surface area contributed by atoms with Crippen molar-refractivity contribution < 1.29 is 14.3 Å². The standard InChI is InChI=1S/C19H16ClNO3S/c1-10(22)24-18-13-3-2-12(8-13)17(23)16(18)15-9-25-19(21-15)11-4-6-14(20)7-5-11/h4-7,9,12-13H,2-3,8H2,1H3/t12-,13+/m1/s1. The van der Waals surface area contributed by atoms with Crippen LogP contribution in [-0.4, -0.2) is 16.7 Å². The number of thiazole rings is 1. The lowest BCUT2D eigenvalue weighted by molar-refractivity contribution is -0.137. The lowest BCUT2D eigenvalue weighted by Crippen LogP contribution is -2.23. The maximum Gasteiger partial charge on any atom is 0.307 e. The van der Waals surface area contributed by atoms with Crippen LogP contribution < -0.4 is 0 Å². The molecule has 1 saturated carbocycles. The van der Waals surface area contributed by atoms with Gasteiger partial charge in [0.2, 0.25) is 0 Å². The molecule has 4 nitrogen and oxygen atoms in total. The third-order valence-corrected chi connectivity index (χ3v) is 5.92. The number of nitrogens with zero attached hydrogens (tertiary/aromatic N) is 1. The second-order valence-electron chi connectivity index (χ2n) is 6.45. The average Bonchev–Trinajstić information content (AvgIpc) is 3.22. The number of fused-ring (bicyclic) bond motifs is 2. The van der Waals surface area contributed by atoms with Crippen molar-refractivity contribution in [3.63, 3.8) is 0 Å². The Bertz CT molecular complexity index is 884. The highest BCUT2D eigenvalue weighted by molar-refractivity contribution is 7.13. The normalized spacial score (nSPS) is 22.4. The van der Waals surface area contributed by atoms with Gasteiger partial charge in [-0.25, -0.2) is 4.98 Å². The monoisotopic (exact) mass is 373 g/mol. The smallest absolute Gasteiger partial charge is 0.307 e. The summed E-state index contributed by atoms with van der Waals surface area (Å²) in [5, 5.41) is 3.34. The molecule has 1 aromatic carbocycles. The zero-order valence-electron chi connectivity index (χ0n) is 13.6. The molecule has 128 valence electrons. The molecule has 25 heavy (non-hydrogen) atoms. The van der Waals surface area contributed by atoms with Crippen LogP contribution in [0.25, 0.3) is 16.1 Å². The van der Waals surface area contributed by atoms with Crippen molar-refractivity contribution >= 4 is 40.3 Å². The molecule has 4 rings (SSSR count). The molecule has 0 spiro atoms. The number of carbonyl (C=O) groups excluding carboxylic acids is 2. The molecule has 0 radical (unpaired) electrons. The third-order valence-electron chi connectivity index (χ3n) is 4.77. The molecule has 1 fully saturated rings. The Morgan fingerprint density at radius 1 is 1.24 bits per heavy atom. The summed E-state index contributed by atoms with van der Waals surface area (Å²) in [5.41, 5.74) is 2.04. The minimum Gasteiger partial charge on any atom is -0.430 e. The molecule has 2 aliphatic carbocycles. The van der Waals surface area contributed by atoms with Gasteiger partial charge in [0.25, 0.3) is 0 Å².